The first-order valence-corrected chi connectivity index (χ1v) is 7.22. The van der Waals surface area contributed by atoms with Crippen LogP contribution in [0.1, 0.15) is 44.7 Å². The number of anilines is 1. The number of nitrogens with two attached hydrogens (primary N) is 1. The van der Waals surface area contributed by atoms with E-state index in [-0.39, 0.29) is 16.9 Å². The molecule has 1 saturated carbocycles. The first-order valence-electron chi connectivity index (χ1n) is 7.22. The third-order valence-corrected chi connectivity index (χ3v) is 4.45. The van der Waals surface area contributed by atoms with Crippen LogP contribution in [0.5, 0.6) is 0 Å². The quantitative estimate of drug-likeness (QED) is 0.891. The van der Waals surface area contributed by atoms with Gasteiger partial charge in [-0.15, -0.1) is 0 Å². The zero-order valence-electron chi connectivity index (χ0n) is 12.0. The Kier molecular flexibility index (Phi) is 3.43. The lowest BCUT2D eigenvalue weighted by atomic mass is 9.72. The van der Waals surface area contributed by atoms with E-state index in [0.717, 1.165) is 31.7 Å². The molecule has 3 rings (SSSR count). The first kappa shape index (κ1) is 14.0. The monoisotopic (exact) mass is 292 g/mol. The largest absolute Gasteiger partial charge is 0.367 e. The van der Waals surface area contributed by atoms with Gasteiger partial charge in [0.25, 0.3) is 0 Å². The molecule has 0 amide bonds. The second-order valence-corrected chi connectivity index (χ2v) is 6.02. The van der Waals surface area contributed by atoms with E-state index in [1.54, 1.807) is 0 Å². The maximum atomic E-state index is 14.1. The fourth-order valence-corrected chi connectivity index (χ4v) is 3.24. The number of halogens is 2. The Morgan fingerprint density at radius 2 is 1.90 bits per heavy atom. The molecule has 0 aliphatic heterocycles. The fraction of sp³-hybridized carbons (Fsp3) is 0.438. The topological polar surface area (TPSA) is 52.0 Å². The summed E-state index contributed by atoms with van der Waals surface area (Å²) in [6.45, 7) is 2.11. The Balaban J connectivity index is 2.13. The lowest BCUT2D eigenvalue weighted by Crippen LogP contribution is -2.26. The molecule has 0 bridgehead atoms. The van der Waals surface area contributed by atoms with E-state index >= 15 is 0 Å². The van der Waals surface area contributed by atoms with Crippen molar-refractivity contribution in [2.45, 2.75) is 44.4 Å². The minimum Gasteiger partial charge on any atom is -0.367 e. The van der Waals surface area contributed by atoms with Crippen molar-refractivity contribution in [2.75, 3.05) is 5.73 Å². The van der Waals surface area contributed by atoms with Crippen LogP contribution in [0.15, 0.2) is 22.7 Å². The maximum Gasteiger partial charge on any atom is 0.230 e. The van der Waals surface area contributed by atoms with Crippen molar-refractivity contribution in [3.63, 3.8) is 0 Å². The smallest absolute Gasteiger partial charge is 0.230 e. The third kappa shape index (κ3) is 2.41. The van der Waals surface area contributed by atoms with Crippen LogP contribution in [0.2, 0.25) is 0 Å². The lowest BCUT2D eigenvalue weighted by Gasteiger charge is -2.32. The Hall–Kier alpha value is -1.91. The highest BCUT2D eigenvalue weighted by atomic mass is 19.1. The molecule has 5 heteroatoms. The molecule has 1 fully saturated rings. The lowest BCUT2D eigenvalue weighted by molar-refractivity contribution is 0.295. The molecule has 0 atom stereocenters. The summed E-state index contributed by atoms with van der Waals surface area (Å²) in [5, 5.41) is 4.09. The summed E-state index contributed by atoms with van der Waals surface area (Å²) < 4.78 is 32.3. The first-order chi connectivity index (χ1) is 10.0. The number of benzene rings is 1. The zero-order valence-corrected chi connectivity index (χ0v) is 12.0. The molecule has 21 heavy (non-hydrogen) atoms. The summed E-state index contributed by atoms with van der Waals surface area (Å²) in [7, 11) is 0. The number of aromatic nitrogens is 1. The molecule has 1 aromatic heterocycles. The number of hydrogen-bond donors (Lipinski definition) is 1. The second-order valence-electron chi connectivity index (χ2n) is 6.02. The molecule has 1 aliphatic rings. The molecule has 1 aliphatic carbocycles. The van der Waals surface area contributed by atoms with Crippen LogP contribution in [0.4, 0.5) is 14.7 Å². The van der Waals surface area contributed by atoms with Crippen LogP contribution in [-0.2, 0) is 5.41 Å². The highest BCUT2D eigenvalue weighted by Gasteiger charge is 2.36. The molecule has 0 unspecified atom stereocenters. The molecule has 112 valence electrons. The van der Waals surface area contributed by atoms with E-state index in [0.29, 0.717) is 11.3 Å². The van der Waals surface area contributed by atoms with Crippen LogP contribution in [0, 0.1) is 11.6 Å². The normalized spacial score (nSPS) is 17.9. The minimum absolute atomic E-state index is 0.0855. The summed E-state index contributed by atoms with van der Waals surface area (Å²) in [6, 6.07) is 3.47. The SMILES string of the molecule is CC1(c2noc(N)c2-c2ccc(F)cc2F)CCCCC1. The predicted molar refractivity (Wildman–Crippen MR) is 76.7 cm³/mol. The molecule has 3 nitrogen and oxygen atoms in total. The Morgan fingerprint density at radius 3 is 2.57 bits per heavy atom. The van der Waals surface area contributed by atoms with Gasteiger partial charge in [-0.05, 0) is 25.0 Å². The number of nitrogens with zero attached hydrogens (tertiary/aromatic N) is 1. The highest BCUT2D eigenvalue weighted by Crippen LogP contribution is 2.45. The van der Waals surface area contributed by atoms with E-state index in [1.807, 2.05) is 0 Å². The van der Waals surface area contributed by atoms with Crippen molar-refractivity contribution in [3.05, 3.63) is 35.5 Å². The molecule has 2 aromatic rings. The van der Waals surface area contributed by atoms with Gasteiger partial charge in [-0.1, -0.05) is 31.3 Å². The van der Waals surface area contributed by atoms with Crippen molar-refractivity contribution < 1.29 is 13.3 Å². The molecule has 1 heterocycles. The van der Waals surface area contributed by atoms with Crippen molar-refractivity contribution in [2.24, 2.45) is 0 Å². The molecule has 1 aromatic carbocycles. The van der Waals surface area contributed by atoms with Crippen LogP contribution in [-0.4, -0.2) is 5.16 Å². The standard InChI is InChI=1S/C16H18F2N2O/c1-16(7-3-2-4-8-16)14-13(15(19)21-20-14)11-6-5-10(17)9-12(11)18/h5-6,9H,2-4,7-8,19H2,1H3. The molecule has 0 spiro atoms. The van der Waals surface area contributed by atoms with Crippen molar-refractivity contribution in [3.8, 4) is 11.1 Å². The fourth-order valence-electron chi connectivity index (χ4n) is 3.24. The van der Waals surface area contributed by atoms with Gasteiger partial charge in [-0.25, -0.2) is 8.78 Å². The summed E-state index contributed by atoms with van der Waals surface area (Å²) in [5.41, 5.74) is 7.09. The second kappa shape index (κ2) is 5.13. The molecule has 0 saturated heterocycles. The van der Waals surface area contributed by atoms with Gasteiger partial charge in [-0.3, -0.25) is 0 Å². The van der Waals surface area contributed by atoms with E-state index in [1.165, 1.54) is 18.6 Å². The van der Waals surface area contributed by atoms with Gasteiger partial charge in [0, 0.05) is 17.0 Å². The van der Waals surface area contributed by atoms with Crippen LogP contribution >= 0.6 is 0 Å². The van der Waals surface area contributed by atoms with E-state index in [2.05, 4.69) is 12.1 Å². The Labute approximate surface area is 122 Å². The van der Waals surface area contributed by atoms with Gasteiger partial charge in [0.2, 0.25) is 5.88 Å². The summed E-state index contributed by atoms with van der Waals surface area (Å²) in [6.07, 6.45) is 5.34. The van der Waals surface area contributed by atoms with Crippen molar-refractivity contribution in [1.82, 2.24) is 5.16 Å². The average molecular weight is 292 g/mol. The Morgan fingerprint density at radius 1 is 1.19 bits per heavy atom. The third-order valence-electron chi connectivity index (χ3n) is 4.45. The molecular weight excluding hydrogens is 274 g/mol. The molecule has 2 N–H and O–H groups in total. The van der Waals surface area contributed by atoms with Gasteiger partial charge in [-0.2, -0.15) is 0 Å². The van der Waals surface area contributed by atoms with Crippen LogP contribution in [0.25, 0.3) is 11.1 Å². The number of nitrogen functional groups attached to an aromatic ring is 1. The van der Waals surface area contributed by atoms with Gasteiger partial charge in [0.1, 0.15) is 11.6 Å². The van der Waals surface area contributed by atoms with Crippen molar-refractivity contribution in [1.29, 1.82) is 0 Å². The minimum atomic E-state index is -0.648. The van der Waals surface area contributed by atoms with E-state index in [4.69, 9.17) is 10.3 Å². The highest BCUT2D eigenvalue weighted by molar-refractivity contribution is 5.76. The van der Waals surface area contributed by atoms with Gasteiger partial charge >= 0.3 is 0 Å². The molecule has 0 radical (unpaired) electrons. The number of rotatable bonds is 2. The number of hydrogen-bond acceptors (Lipinski definition) is 3. The van der Waals surface area contributed by atoms with E-state index < -0.39 is 11.6 Å². The average Bonchev–Trinajstić information content (AvgIpc) is 2.82. The zero-order chi connectivity index (χ0) is 15.0. The summed E-state index contributed by atoms with van der Waals surface area (Å²) in [4.78, 5) is 0. The summed E-state index contributed by atoms with van der Waals surface area (Å²) >= 11 is 0. The van der Waals surface area contributed by atoms with Gasteiger partial charge in [0.15, 0.2) is 0 Å². The molecular formula is C16H18F2N2O. The van der Waals surface area contributed by atoms with Gasteiger partial charge in [0.05, 0.1) is 11.3 Å². The van der Waals surface area contributed by atoms with Crippen molar-refractivity contribution >= 4 is 5.88 Å². The maximum absolute atomic E-state index is 14.1. The van der Waals surface area contributed by atoms with E-state index in [9.17, 15) is 8.78 Å². The predicted octanol–water partition coefficient (Wildman–Crippen LogP) is 4.42. The Bertz CT molecular complexity index is 660. The van der Waals surface area contributed by atoms with Crippen LogP contribution < -0.4 is 5.73 Å². The van der Waals surface area contributed by atoms with Gasteiger partial charge < -0.3 is 10.3 Å². The van der Waals surface area contributed by atoms with Crippen LogP contribution in [0.3, 0.4) is 0 Å². The summed E-state index contributed by atoms with van der Waals surface area (Å²) in [5.74, 6) is -1.18.